The molecule has 0 atom stereocenters. The number of fused-ring (bicyclic) bond motifs is 3. The molecule has 0 bridgehead atoms. The molecule has 0 aliphatic rings. The summed E-state index contributed by atoms with van der Waals surface area (Å²) >= 11 is 0. The third kappa shape index (κ3) is 4.36. The van der Waals surface area contributed by atoms with Gasteiger partial charge in [-0.3, -0.25) is 4.79 Å². The van der Waals surface area contributed by atoms with Gasteiger partial charge in [-0.2, -0.15) is 4.31 Å². The molecular weight excluding hydrogens is 432 g/mol. The number of benzene rings is 1. The molecule has 11 heteroatoms. The highest BCUT2D eigenvalue weighted by atomic mass is 35.5. The maximum absolute atomic E-state index is 12.9. The molecule has 1 aromatic carbocycles. The Morgan fingerprint density at radius 2 is 2.03 bits per heavy atom. The summed E-state index contributed by atoms with van der Waals surface area (Å²) < 4.78 is 32.3. The fourth-order valence-electron chi connectivity index (χ4n) is 3.07. The zero-order valence-electron chi connectivity index (χ0n) is 16.9. The molecule has 3 rings (SSSR count). The zero-order valence-corrected chi connectivity index (χ0v) is 18.6. The van der Waals surface area contributed by atoms with E-state index in [1.807, 2.05) is 6.92 Å². The van der Waals surface area contributed by atoms with Crippen LogP contribution >= 0.6 is 12.4 Å². The van der Waals surface area contributed by atoms with Gasteiger partial charge in [-0.15, -0.1) is 12.4 Å². The van der Waals surface area contributed by atoms with Gasteiger partial charge in [-0.05, 0) is 31.7 Å². The largest absolute Gasteiger partial charge is 0.462 e. The number of aromatic amines is 2. The van der Waals surface area contributed by atoms with Crippen LogP contribution in [0.1, 0.15) is 23.7 Å². The second kappa shape index (κ2) is 9.61. The minimum Gasteiger partial charge on any atom is -0.462 e. The lowest BCUT2D eigenvalue weighted by Gasteiger charge is -2.17. The molecule has 0 amide bonds. The van der Waals surface area contributed by atoms with E-state index in [1.54, 1.807) is 7.05 Å². The van der Waals surface area contributed by atoms with Gasteiger partial charge >= 0.3 is 5.97 Å². The Balaban J connectivity index is 0.00000320. The molecular formula is C19H25ClN4O5S. The quantitative estimate of drug-likeness (QED) is 0.444. The molecule has 2 aromatic heterocycles. The van der Waals surface area contributed by atoms with Gasteiger partial charge in [0.05, 0.1) is 17.1 Å². The van der Waals surface area contributed by atoms with Crippen LogP contribution in [0.15, 0.2) is 34.1 Å². The molecule has 0 fully saturated rings. The summed E-state index contributed by atoms with van der Waals surface area (Å²) in [6, 6.07) is 4.45. The van der Waals surface area contributed by atoms with Crippen LogP contribution in [0, 0.1) is 0 Å². The average molecular weight is 457 g/mol. The van der Waals surface area contributed by atoms with Gasteiger partial charge in [-0.1, -0.05) is 6.92 Å². The summed E-state index contributed by atoms with van der Waals surface area (Å²) in [5.41, 5.74) is 0.425. The number of rotatable bonds is 8. The molecule has 2 heterocycles. The Labute approximate surface area is 180 Å². The second-order valence-corrected chi connectivity index (χ2v) is 8.72. The van der Waals surface area contributed by atoms with Crippen LogP contribution in [0.25, 0.3) is 21.8 Å². The summed E-state index contributed by atoms with van der Waals surface area (Å²) in [4.78, 5) is 30.4. The first kappa shape index (κ1) is 23.9. The lowest BCUT2D eigenvalue weighted by molar-refractivity contribution is 0.0507. The Hall–Kier alpha value is -2.40. The molecule has 0 saturated carbocycles. The number of sulfonamides is 1. The van der Waals surface area contributed by atoms with Crippen molar-refractivity contribution in [3.63, 3.8) is 0 Å². The molecule has 3 aromatic rings. The summed E-state index contributed by atoms with van der Waals surface area (Å²) in [6.07, 6.45) is 2.08. The van der Waals surface area contributed by atoms with Crippen LogP contribution in [0.3, 0.4) is 0 Å². The van der Waals surface area contributed by atoms with Crippen LogP contribution < -0.4 is 10.9 Å². The van der Waals surface area contributed by atoms with Gasteiger partial charge in [0.1, 0.15) is 5.52 Å². The molecule has 0 aliphatic carbocycles. The maximum atomic E-state index is 12.9. The van der Waals surface area contributed by atoms with Crippen LogP contribution in [0.2, 0.25) is 0 Å². The van der Waals surface area contributed by atoms with E-state index in [9.17, 15) is 18.0 Å². The number of likely N-dealkylation sites (N-methyl/N-ethyl adjacent to an activating group) is 2. The second-order valence-electron chi connectivity index (χ2n) is 6.68. The minimum absolute atomic E-state index is 0. The van der Waals surface area contributed by atoms with E-state index >= 15 is 0 Å². The fourth-order valence-corrected chi connectivity index (χ4v) is 4.27. The smallest absolute Gasteiger partial charge is 0.340 e. The first-order valence-electron chi connectivity index (χ1n) is 9.26. The fraction of sp³-hybridized carbons (Fsp3) is 0.368. The van der Waals surface area contributed by atoms with Crippen LogP contribution in [0.5, 0.6) is 0 Å². The van der Waals surface area contributed by atoms with Crippen molar-refractivity contribution >= 4 is 50.2 Å². The first-order valence-corrected chi connectivity index (χ1v) is 10.7. The predicted molar refractivity (Wildman–Crippen MR) is 118 cm³/mol. The Kier molecular flexibility index (Phi) is 7.64. The van der Waals surface area contributed by atoms with Crippen LogP contribution in [-0.4, -0.2) is 62.5 Å². The minimum atomic E-state index is -3.74. The third-order valence-corrected chi connectivity index (χ3v) is 6.51. The molecule has 0 unspecified atom stereocenters. The molecule has 164 valence electrons. The van der Waals surface area contributed by atoms with Crippen molar-refractivity contribution in [3.8, 4) is 0 Å². The Morgan fingerprint density at radius 3 is 2.70 bits per heavy atom. The highest BCUT2D eigenvalue weighted by Crippen LogP contribution is 2.28. The van der Waals surface area contributed by atoms with E-state index in [-0.39, 0.29) is 35.0 Å². The number of aromatic nitrogens is 2. The topological polar surface area (TPSA) is 124 Å². The zero-order chi connectivity index (χ0) is 21.2. The standard InChI is InChI=1S/C19H24N4O5S.ClH/c1-4-9-28-19(25)14-11-21-17-16(14)13-10-12(5-6-15(13)22-18(17)24)29(26,27)23(3)8-7-20-2;/h5-6,10-11,20-21H,4,7-9H2,1-3H3,(H,22,24);1H. The van der Waals surface area contributed by atoms with Crippen molar-refractivity contribution < 1.29 is 17.9 Å². The molecule has 0 aliphatic heterocycles. The number of hydrogen-bond donors (Lipinski definition) is 3. The number of nitrogens with zero attached hydrogens (tertiary/aromatic N) is 1. The third-order valence-electron chi connectivity index (χ3n) is 4.66. The van der Waals surface area contributed by atoms with Gasteiger partial charge in [0.2, 0.25) is 10.0 Å². The summed E-state index contributed by atoms with van der Waals surface area (Å²) in [7, 11) is -0.489. The van der Waals surface area contributed by atoms with Crippen molar-refractivity contribution in [2.24, 2.45) is 0 Å². The van der Waals surface area contributed by atoms with Gasteiger partial charge < -0.3 is 20.0 Å². The van der Waals surface area contributed by atoms with E-state index in [4.69, 9.17) is 4.74 Å². The van der Waals surface area contributed by atoms with E-state index < -0.39 is 21.6 Å². The monoisotopic (exact) mass is 456 g/mol. The lowest BCUT2D eigenvalue weighted by atomic mass is 10.1. The van der Waals surface area contributed by atoms with Gasteiger partial charge in [-0.25, -0.2) is 13.2 Å². The molecule has 3 N–H and O–H groups in total. The number of ether oxygens (including phenoxy) is 1. The Morgan fingerprint density at radius 1 is 1.30 bits per heavy atom. The van der Waals surface area contributed by atoms with Crippen molar-refractivity contribution in [1.29, 1.82) is 0 Å². The first-order chi connectivity index (χ1) is 13.8. The van der Waals surface area contributed by atoms with Crippen molar-refractivity contribution in [3.05, 3.63) is 40.3 Å². The highest BCUT2D eigenvalue weighted by molar-refractivity contribution is 7.89. The SMILES string of the molecule is CCCOC(=O)c1c[nH]c2c(=O)[nH]c3ccc(S(=O)(=O)N(C)CCNC)cc3c12.Cl. The normalized spacial score (nSPS) is 11.7. The number of carbonyl (C=O) groups is 1. The molecule has 30 heavy (non-hydrogen) atoms. The number of esters is 1. The van der Waals surface area contributed by atoms with Crippen LogP contribution in [0.4, 0.5) is 0 Å². The van der Waals surface area contributed by atoms with E-state index in [2.05, 4.69) is 15.3 Å². The number of H-pyrrole nitrogens is 2. The highest BCUT2D eigenvalue weighted by Gasteiger charge is 2.23. The number of hydrogen-bond acceptors (Lipinski definition) is 6. The number of nitrogens with one attached hydrogen (secondary N) is 3. The summed E-state index contributed by atoms with van der Waals surface area (Å²) in [6.45, 7) is 2.94. The average Bonchev–Trinajstić information content (AvgIpc) is 3.16. The van der Waals surface area contributed by atoms with Gasteiger partial charge in [0.15, 0.2) is 0 Å². The summed E-state index contributed by atoms with van der Waals surface area (Å²) in [5.74, 6) is -0.565. The number of halogens is 1. The van der Waals surface area contributed by atoms with Gasteiger partial charge in [0.25, 0.3) is 5.56 Å². The molecule has 0 radical (unpaired) electrons. The van der Waals surface area contributed by atoms with Crippen molar-refractivity contribution in [2.45, 2.75) is 18.2 Å². The number of pyridine rings is 1. The van der Waals surface area contributed by atoms with Crippen molar-refractivity contribution in [1.82, 2.24) is 19.6 Å². The maximum Gasteiger partial charge on any atom is 0.340 e. The summed E-state index contributed by atoms with van der Waals surface area (Å²) in [5, 5.41) is 3.71. The molecule has 0 saturated heterocycles. The van der Waals surface area contributed by atoms with E-state index in [1.165, 1.54) is 35.7 Å². The Bertz CT molecular complexity index is 1220. The van der Waals surface area contributed by atoms with Crippen LogP contribution in [-0.2, 0) is 14.8 Å². The van der Waals surface area contributed by atoms with E-state index in [0.717, 1.165) is 0 Å². The van der Waals surface area contributed by atoms with Gasteiger partial charge in [0, 0.05) is 42.6 Å². The lowest BCUT2D eigenvalue weighted by Crippen LogP contribution is -2.32. The predicted octanol–water partition coefficient (Wildman–Crippen LogP) is 1.84. The number of carbonyl (C=O) groups excluding carboxylic acids is 1. The molecule has 0 spiro atoms. The van der Waals surface area contributed by atoms with E-state index in [0.29, 0.717) is 35.8 Å². The van der Waals surface area contributed by atoms with Crippen molar-refractivity contribution in [2.75, 3.05) is 33.8 Å². The molecule has 9 nitrogen and oxygen atoms in total.